The van der Waals surface area contributed by atoms with Crippen LogP contribution in [0.25, 0.3) is 0 Å². The molecule has 0 amide bonds. The van der Waals surface area contributed by atoms with Crippen molar-refractivity contribution in [2.45, 2.75) is 38.1 Å². The first kappa shape index (κ1) is 20.9. The Balaban J connectivity index is 1.32. The SMILES string of the molecule is CN(Cc1cccnc1)Cc1nc(C2(O)CCN(Cc3ccccc3O)CC2)cs1. The summed E-state index contributed by atoms with van der Waals surface area (Å²) in [5, 5.41) is 24.2. The highest BCUT2D eigenvalue weighted by atomic mass is 32.1. The predicted octanol–water partition coefficient (Wildman–Crippen LogP) is 3.36. The number of thiazole rings is 1. The Labute approximate surface area is 181 Å². The van der Waals surface area contributed by atoms with E-state index in [4.69, 9.17) is 4.98 Å². The number of aliphatic hydroxyl groups is 1. The van der Waals surface area contributed by atoms with E-state index >= 15 is 0 Å². The van der Waals surface area contributed by atoms with E-state index < -0.39 is 5.60 Å². The van der Waals surface area contributed by atoms with E-state index in [1.54, 1.807) is 23.6 Å². The van der Waals surface area contributed by atoms with Crippen LogP contribution in [0.5, 0.6) is 5.75 Å². The van der Waals surface area contributed by atoms with Crippen LogP contribution >= 0.6 is 11.3 Å². The van der Waals surface area contributed by atoms with Crippen LogP contribution in [0.3, 0.4) is 0 Å². The maximum Gasteiger partial charge on any atom is 0.120 e. The lowest BCUT2D eigenvalue weighted by Gasteiger charge is -2.37. The molecule has 2 aromatic heterocycles. The molecule has 4 rings (SSSR count). The second kappa shape index (κ2) is 9.22. The number of likely N-dealkylation sites (tertiary alicyclic amines) is 1. The van der Waals surface area contributed by atoms with Crippen molar-refractivity contribution in [2.75, 3.05) is 20.1 Å². The van der Waals surface area contributed by atoms with E-state index in [1.165, 1.54) is 5.56 Å². The molecule has 158 valence electrons. The minimum atomic E-state index is -0.869. The van der Waals surface area contributed by atoms with Crippen LogP contribution in [0.2, 0.25) is 0 Å². The highest BCUT2D eigenvalue weighted by Gasteiger charge is 2.36. The van der Waals surface area contributed by atoms with Gasteiger partial charge in [-0.3, -0.25) is 14.8 Å². The molecule has 2 N–H and O–H groups in total. The smallest absolute Gasteiger partial charge is 0.120 e. The molecule has 1 aliphatic rings. The van der Waals surface area contributed by atoms with Crippen molar-refractivity contribution in [1.82, 2.24) is 19.8 Å². The molecule has 0 radical (unpaired) electrons. The van der Waals surface area contributed by atoms with Gasteiger partial charge in [-0.2, -0.15) is 0 Å². The molecule has 3 heterocycles. The van der Waals surface area contributed by atoms with Gasteiger partial charge in [0.1, 0.15) is 16.4 Å². The number of nitrogens with zero attached hydrogens (tertiary/aromatic N) is 4. The van der Waals surface area contributed by atoms with E-state index in [9.17, 15) is 10.2 Å². The van der Waals surface area contributed by atoms with Gasteiger partial charge in [-0.15, -0.1) is 11.3 Å². The fourth-order valence-corrected chi connectivity index (χ4v) is 4.88. The summed E-state index contributed by atoms with van der Waals surface area (Å²) in [6.45, 7) is 3.81. The van der Waals surface area contributed by atoms with Crippen molar-refractivity contribution in [3.8, 4) is 5.75 Å². The normalized spacial score (nSPS) is 16.8. The molecule has 7 heteroatoms. The Morgan fingerprint density at radius 2 is 1.93 bits per heavy atom. The maximum atomic E-state index is 11.2. The summed E-state index contributed by atoms with van der Waals surface area (Å²) in [6.07, 6.45) is 4.96. The van der Waals surface area contributed by atoms with Crippen LogP contribution in [0.15, 0.2) is 54.2 Å². The Hall–Kier alpha value is -2.32. The van der Waals surface area contributed by atoms with Gasteiger partial charge in [0.05, 0.1) is 12.2 Å². The summed E-state index contributed by atoms with van der Waals surface area (Å²) >= 11 is 1.61. The first-order valence-electron chi connectivity index (χ1n) is 10.3. The Bertz CT molecular complexity index is 955. The van der Waals surface area contributed by atoms with Crippen molar-refractivity contribution in [3.63, 3.8) is 0 Å². The zero-order valence-corrected chi connectivity index (χ0v) is 18.1. The van der Waals surface area contributed by atoms with Gasteiger partial charge in [-0.05, 0) is 37.6 Å². The topological polar surface area (TPSA) is 72.7 Å². The van der Waals surface area contributed by atoms with Crippen molar-refractivity contribution in [2.24, 2.45) is 0 Å². The van der Waals surface area contributed by atoms with Crippen molar-refractivity contribution in [3.05, 3.63) is 76.0 Å². The number of hydrogen-bond donors (Lipinski definition) is 2. The van der Waals surface area contributed by atoms with Gasteiger partial charge in [0, 0.05) is 49.5 Å². The second-order valence-electron chi connectivity index (χ2n) is 8.10. The lowest BCUT2D eigenvalue weighted by Crippen LogP contribution is -2.42. The van der Waals surface area contributed by atoms with Crippen molar-refractivity contribution < 1.29 is 10.2 Å². The van der Waals surface area contributed by atoms with Crippen molar-refractivity contribution >= 4 is 11.3 Å². The first-order valence-corrected chi connectivity index (χ1v) is 11.1. The lowest BCUT2D eigenvalue weighted by atomic mass is 9.88. The van der Waals surface area contributed by atoms with Crippen LogP contribution in [-0.4, -0.2) is 50.1 Å². The Morgan fingerprint density at radius 1 is 1.13 bits per heavy atom. The fraction of sp³-hybridized carbons (Fsp3) is 0.391. The summed E-state index contributed by atoms with van der Waals surface area (Å²) in [5.74, 6) is 0.331. The van der Waals surface area contributed by atoms with Gasteiger partial charge in [0.15, 0.2) is 0 Å². The molecule has 30 heavy (non-hydrogen) atoms. The number of aromatic nitrogens is 2. The Morgan fingerprint density at radius 3 is 2.67 bits per heavy atom. The summed E-state index contributed by atoms with van der Waals surface area (Å²) in [4.78, 5) is 13.4. The largest absolute Gasteiger partial charge is 0.508 e. The molecule has 1 aromatic carbocycles. The highest BCUT2D eigenvalue weighted by Crippen LogP contribution is 2.34. The van der Waals surface area contributed by atoms with Crippen LogP contribution in [-0.2, 0) is 25.2 Å². The summed E-state index contributed by atoms with van der Waals surface area (Å²) in [5.41, 5.74) is 2.02. The Kier molecular flexibility index (Phi) is 6.43. The average Bonchev–Trinajstić information content (AvgIpc) is 3.21. The second-order valence-corrected chi connectivity index (χ2v) is 9.04. The molecule has 0 bridgehead atoms. The minimum Gasteiger partial charge on any atom is -0.508 e. The molecular formula is C23H28N4O2S. The fourth-order valence-electron chi connectivity index (χ4n) is 3.91. The number of rotatable bonds is 7. The average molecular weight is 425 g/mol. The number of para-hydroxylation sites is 1. The third-order valence-electron chi connectivity index (χ3n) is 5.68. The molecule has 0 saturated carbocycles. The molecule has 1 fully saturated rings. The maximum absolute atomic E-state index is 11.2. The van der Waals surface area contributed by atoms with E-state index in [-0.39, 0.29) is 0 Å². The quantitative estimate of drug-likeness (QED) is 0.606. The highest BCUT2D eigenvalue weighted by molar-refractivity contribution is 7.09. The van der Waals surface area contributed by atoms with Crippen LogP contribution < -0.4 is 0 Å². The molecule has 3 aromatic rings. The van der Waals surface area contributed by atoms with E-state index in [2.05, 4.69) is 27.9 Å². The standard InChI is InChI=1S/C23H28N4O2S/c1-26(14-18-5-4-10-24-13-18)16-22-25-21(17-30-22)23(29)8-11-27(12-9-23)15-19-6-2-3-7-20(19)28/h2-7,10,13,17,28-29H,8-9,11-12,14-16H2,1H3. The predicted molar refractivity (Wildman–Crippen MR) is 118 cm³/mol. The summed E-state index contributed by atoms with van der Waals surface area (Å²) < 4.78 is 0. The van der Waals surface area contributed by atoms with E-state index in [0.29, 0.717) is 25.1 Å². The number of pyridine rings is 1. The number of hydrogen-bond acceptors (Lipinski definition) is 7. The molecule has 1 saturated heterocycles. The lowest BCUT2D eigenvalue weighted by molar-refractivity contribution is -0.0308. The van der Waals surface area contributed by atoms with Gasteiger partial charge in [-0.25, -0.2) is 4.98 Å². The zero-order valence-electron chi connectivity index (χ0n) is 17.2. The van der Waals surface area contributed by atoms with Gasteiger partial charge in [-0.1, -0.05) is 24.3 Å². The van der Waals surface area contributed by atoms with Crippen LogP contribution in [0, 0.1) is 0 Å². The third kappa shape index (κ3) is 5.05. The summed E-state index contributed by atoms with van der Waals surface area (Å²) in [6, 6.07) is 11.5. The van der Waals surface area contributed by atoms with Crippen LogP contribution in [0.1, 0.15) is 34.7 Å². The number of aromatic hydroxyl groups is 1. The molecule has 6 nitrogen and oxygen atoms in total. The number of phenols is 1. The van der Waals surface area contributed by atoms with Crippen molar-refractivity contribution in [1.29, 1.82) is 0 Å². The van der Waals surface area contributed by atoms with Gasteiger partial charge < -0.3 is 10.2 Å². The monoisotopic (exact) mass is 424 g/mol. The third-order valence-corrected chi connectivity index (χ3v) is 6.51. The molecule has 1 aliphatic heterocycles. The molecular weight excluding hydrogens is 396 g/mol. The van der Waals surface area contributed by atoms with E-state index in [0.717, 1.165) is 42.4 Å². The van der Waals surface area contributed by atoms with Gasteiger partial charge in [0.2, 0.25) is 0 Å². The molecule has 0 spiro atoms. The molecule has 0 unspecified atom stereocenters. The number of phenolic OH excluding ortho intramolecular Hbond substituents is 1. The van der Waals surface area contributed by atoms with Gasteiger partial charge in [0.25, 0.3) is 0 Å². The summed E-state index contributed by atoms with van der Waals surface area (Å²) in [7, 11) is 2.07. The van der Waals surface area contributed by atoms with Gasteiger partial charge >= 0.3 is 0 Å². The zero-order chi connectivity index (χ0) is 21.0. The molecule has 0 aliphatic carbocycles. The first-order chi connectivity index (χ1) is 14.5. The molecule has 0 atom stereocenters. The number of piperidine rings is 1. The van der Waals surface area contributed by atoms with E-state index in [1.807, 2.05) is 35.8 Å². The minimum absolute atomic E-state index is 0.331. The number of benzene rings is 1. The van der Waals surface area contributed by atoms with Crippen LogP contribution in [0.4, 0.5) is 0 Å².